The molecular formula is C18H18N2O5. The Morgan fingerprint density at radius 1 is 1.24 bits per heavy atom. The molecule has 3 amide bonds. The van der Waals surface area contributed by atoms with Crippen LogP contribution >= 0.6 is 0 Å². The first-order chi connectivity index (χ1) is 12.0. The van der Waals surface area contributed by atoms with Crippen LogP contribution in [0, 0.1) is 0 Å². The molecule has 0 spiro atoms. The number of hydrogen-bond acceptors (Lipinski definition) is 5. The monoisotopic (exact) mass is 342 g/mol. The number of esters is 1. The van der Waals surface area contributed by atoms with Gasteiger partial charge in [-0.25, -0.2) is 9.59 Å². The topological polar surface area (TPSA) is 88.8 Å². The summed E-state index contributed by atoms with van der Waals surface area (Å²) in [7, 11) is 0. The lowest BCUT2D eigenvalue weighted by molar-refractivity contribution is -0.131. The highest BCUT2D eigenvalue weighted by atomic mass is 16.5. The summed E-state index contributed by atoms with van der Waals surface area (Å²) in [4.78, 5) is 38.2. The Hall–Kier alpha value is -3.09. The van der Waals surface area contributed by atoms with Gasteiger partial charge in [-0.2, -0.15) is 0 Å². The normalized spacial score (nSPS) is 19.8. The SMILES string of the molecule is CCOC(=O)c1ccoc1CN1C(=O)NC(C)(c2ccccc2)C1=O. The maximum atomic E-state index is 12.9. The fraction of sp³-hybridized carbons (Fsp3) is 0.278. The van der Waals surface area contributed by atoms with Crippen molar-refractivity contribution in [2.75, 3.05) is 6.61 Å². The second-order valence-electron chi connectivity index (χ2n) is 5.79. The summed E-state index contributed by atoms with van der Waals surface area (Å²) in [6.07, 6.45) is 1.33. The summed E-state index contributed by atoms with van der Waals surface area (Å²) in [6.45, 7) is 3.42. The number of rotatable bonds is 5. The van der Waals surface area contributed by atoms with Crippen molar-refractivity contribution >= 4 is 17.9 Å². The van der Waals surface area contributed by atoms with Crippen LogP contribution in [0.2, 0.25) is 0 Å². The zero-order valence-electron chi connectivity index (χ0n) is 13.9. The highest BCUT2D eigenvalue weighted by Crippen LogP contribution is 2.30. The van der Waals surface area contributed by atoms with Gasteiger partial charge in [0.15, 0.2) is 0 Å². The molecule has 1 atom stereocenters. The summed E-state index contributed by atoms with van der Waals surface area (Å²) in [5.74, 6) is -0.752. The Morgan fingerprint density at radius 3 is 2.64 bits per heavy atom. The summed E-state index contributed by atoms with van der Waals surface area (Å²) in [5.41, 5.74) is -0.272. The van der Waals surface area contributed by atoms with Crippen LogP contribution in [0.25, 0.3) is 0 Å². The average molecular weight is 342 g/mol. The first-order valence-corrected chi connectivity index (χ1v) is 7.90. The van der Waals surface area contributed by atoms with E-state index in [-0.39, 0.29) is 24.5 Å². The van der Waals surface area contributed by atoms with Gasteiger partial charge in [0.25, 0.3) is 5.91 Å². The van der Waals surface area contributed by atoms with E-state index < -0.39 is 23.4 Å². The largest absolute Gasteiger partial charge is 0.467 e. The number of benzene rings is 1. The minimum absolute atomic E-state index is 0.145. The zero-order chi connectivity index (χ0) is 18.0. The highest BCUT2D eigenvalue weighted by molar-refractivity contribution is 6.07. The van der Waals surface area contributed by atoms with Crippen LogP contribution in [-0.2, 0) is 21.6 Å². The first kappa shape index (κ1) is 16.8. The van der Waals surface area contributed by atoms with Gasteiger partial charge in [0.2, 0.25) is 0 Å². The lowest BCUT2D eigenvalue weighted by Gasteiger charge is -2.22. The van der Waals surface area contributed by atoms with Crippen molar-refractivity contribution < 1.29 is 23.5 Å². The highest BCUT2D eigenvalue weighted by Gasteiger charge is 2.49. The second kappa shape index (κ2) is 6.43. The van der Waals surface area contributed by atoms with Crippen molar-refractivity contribution in [2.24, 2.45) is 0 Å². The third-order valence-corrected chi connectivity index (χ3v) is 4.17. The van der Waals surface area contributed by atoms with E-state index in [1.807, 2.05) is 6.07 Å². The van der Waals surface area contributed by atoms with Crippen molar-refractivity contribution in [1.82, 2.24) is 10.2 Å². The number of urea groups is 1. The van der Waals surface area contributed by atoms with Gasteiger partial charge in [0, 0.05) is 0 Å². The standard InChI is InChI=1S/C18H18N2O5/c1-3-24-15(21)13-9-10-25-14(13)11-20-16(22)18(2,19-17(20)23)12-7-5-4-6-8-12/h4-10H,3,11H2,1-2H3,(H,19,23). The number of nitrogens with one attached hydrogen (secondary N) is 1. The summed E-state index contributed by atoms with van der Waals surface area (Å²) >= 11 is 0. The van der Waals surface area contributed by atoms with Gasteiger partial charge in [0.1, 0.15) is 16.9 Å². The van der Waals surface area contributed by atoms with Crippen molar-refractivity contribution in [3.8, 4) is 0 Å². The number of nitrogens with zero attached hydrogens (tertiary/aromatic N) is 1. The van der Waals surface area contributed by atoms with E-state index in [1.165, 1.54) is 12.3 Å². The molecule has 1 aliphatic heterocycles. The van der Waals surface area contributed by atoms with E-state index in [0.717, 1.165) is 4.90 Å². The fourth-order valence-electron chi connectivity index (χ4n) is 2.81. The van der Waals surface area contributed by atoms with E-state index in [1.54, 1.807) is 38.1 Å². The van der Waals surface area contributed by atoms with Gasteiger partial charge < -0.3 is 14.5 Å². The van der Waals surface area contributed by atoms with Crippen LogP contribution < -0.4 is 5.32 Å². The molecule has 7 heteroatoms. The molecule has 1 aromatic carbocycles. The Kier molecular flexibility index (Phi) is 4.31. The predicted octanol–water partition coefficient (Wildman–Crippen LogP) is 2.42. The van der Waals surface area contributed by atoms with Crippen molar-refractivity contribution in [3.05, 3.63) is 59.5 Å². The molecule has 130 valence electrons. The molecule has 0 radical (unpaired) electrons. The molecule has 1 saturated heterocycles. The number of hydrogen-bond donors (Lipinski definition) is 1. The Bertz CT molecular complexity index is 814. The van der Waals surface area contributed by atoms with E-state index >= 15 is 0 Å². The number of carbonyl (C=O) groups excluding carboxylic acids is 3. The molecule has 2 aromatic rings. The van der Waals surface area contributed by atoms with Crippen molar-refractivity contribution in [1.29, 1.82) is 0 Å². The molecule has 0 bridgehead atoms. The number of carbonyl (C=O) groups is 3. The minimum Gasteiger partial charge on any atom is -0.467 e. The van der Waals surface area contributed by atoms with Crippen LogP contribution in [0.15, 0.2) is 47.1 Å². The molecule has 1 N–H and O–H groups in total. The average Bonchev–Trinajstić information content (AvgIpc) is 3.15. The molecule has 3 rings (SSSR count). The third-order valence-electron chi connectivity index (χ3n) is 4.17. The van der Waals surface area contributed by atoms with Crippen LogP contribution in [0.4, 0.5) is 4.79 Å². The maximum Gasteiger partial charge on any atom is 0.341 e. The quantitative estimate of drug-likeness (QED) is 0.666. The molecule has 1 aromatic heterocycles. The van der Waals surface area contributed by atoms with Gasteiger partial charge in [0.05, 0.1) is 19.4 Å². The van der Waals surface area contributed by atoms with E-state index in [9.17, 15) is 14.4 Å². The van der Waals surface area contributed by atoms with Crippen LogP contribution in [-0.4, -0.2) is 29.4 Å². The van der Waals surface area contributed by atoms with Gasteiger partial charge >= 0.3 is 12.0 Å². The van der Waals surface area contributed by atoms with Gasteiger partial charge in [-0.3, -0.25) is 9.69 Å². The molecule has 1 aliphatic rings. The third kappa shape index (κ3) is 2.88. The van der Waals surface area contributed by atoms with Gasteiger partial charge in [-0.1, -0.05) is 30.3 Å². The minimum atomic E-state index is -1.16. The summed E-state index contributed by atoms with van der Waals surface area (Å²) in [5, 5.41) is 2.71. The van der Waals surface area contributed by atoms with E-state index in [4.69, 9.17) is 9.15 Å². The zero-order valence-corrected chi connectivity index (χ0v) is 13.9. The van der Waals surface area contributed by atoms with E-state index in [0.29, 0.717) is 5.56 Å². The van der Waals surface area contributed by atoms with Crippen LogP contribution in [0.1, 0.15) is 35.5 Å². The van der Waals surface area contributed by atoms with E-state index in [2.05, 4.69) is 5.32 Å². The molecule has 0 saturated carbocycles. The lowest BCUT2D eigenvalue weighted by Crippen LogP contribution is -2.40. The van der Waals surface area contributed by atoms with Crippen molar-refractivity contribution in [2.45, 2.75) is 25.9 Å². The number of ether oxygens (including phenoxy) is 1. The molecule has 0 aliphatic carbocycles. The number of imide groups is 1. The molecule has 1 fully saturated rings. The van der Waals surface area contributed by atoms with Gasteiger partial charge in [-0.15, -0.1) is 0 Å². The lowest BCUT2D eigenvalue weighted by atomic mass is 9.92. The molecule has 7 nitrogen and oxygen atoms in total. The summed E-state index contributed by atoms with van der Waals surface area (Å²) in [6, 6.07) is 9.91. The van der Waals surface area contributed by atoms with Gasteiger partial charge in [-0.05, 0) is 25.5 Å². The fourth-order valence-corrected chi connectivity index (χ4v) is 2.81. The van der Waals surface area contributed by atoms with Crippen LogP contribution in [0.5, 0.6) is 0 Å². The molecular weight excluding hydrogens is 324 g/mol. The molecule has 2 heterocycles. The smallest absolute Gasteiger partial charge is 0.341 e. The molecule has 1 unspecified atom stereocenters. The summed E-state index contributed by atoms with van der Waals surface area (Å²) < 4.78 is 10.2. The predicted molar refractivity (Wildman–Crippen MR) is 87.5 cm³/mol. The maximum absolute atomic E-state index is 12.9. The Balaban J connectivity index is 1.86. The number of furan rings is 1. The molecule has 25 heavy (non-hydrogen) atoms. The van der Waals surface area contributed by atoms with Crippen molar-refractivity contribution in [3.63, 3.8) is 0 Å². The second-order valence-corrected chi connectivity index (χ2v) is 5.79. The Morgan fingerprint density at radius 2 is 1.96 bits per heavy atom. The number of amides is 3. The first-order valence-electron chi connectivity index (χ1n) is 7.90. The van der Waals surface area contributed by atoms with Crippen LogP contribution in [0.3, 0.4) is 0 Å². The Labute approximate surface area is 144 Å².